The maximum Gasteiger partial charge on any atom is 0.0543 e. The van der Waals surface area contributed by atoms with Crippen LogP contribution in [-0.4, -0.2) is 0 Å². The van der Waals surface area contributed by atoms with E-state index in [2.05, 4.69) is 223 Å². The summed E-state index contributed by atoms with van der Waals surface area (Å²) in [6.07, 6.45) is 16.1. The Labute approximate surface area is 390 Å². The number of allylic oxidation sites excluding steroid dienone is 4. The van der Waals surface area contributed by atoms with Gasteiger partial charge in [-0.25, -0.2) is 0 Å². The monoisotopic (exact) mass is 849 g/mol. The van der Waals surface area contributed by atoms with E-state index in [9.17, 15) is 0 Å². The highest BCUT2D eigenvalue weighted by Crippen LogP contribution is 2.69. The average molecular weight is 850 g/mol. The molecule has 0 heterocycles. The first-order chi connectivity index (χ1) is 32.8. The molecule has 8 aromatic carbocycles. The molecule has 66 heavy (non-hydrogen) atoms. The lowest BCUT2D eigenvalue weighted by Gasteiger charge is -2.59. The molecule has 0 aliphatic heterocycles. The molecule has 1 spiro atoms. The first-order valence-corrected chi connectivity index (χ1v) is 24.6. The van der Waals surface area contributed by atoms with Crippen LogP contribution in [0.15, 0.2) is 218 Å². The van der Waals surface area contributed by atoms with Crippen LogP contribution in [0, 0.1) is 23.7 Å². The lowest BCUT2D eigenvalue weighted by molar-refractivity contribution is -0.0227. The molecule has 0 amide bonds. The molecule has 1 heteroatoms. The van der Waals surface area contributed by atoms with Crippen molar-refractivity contribution in [1.29, 1.82) is 0 Å². The highest BCUT2D eigenvalue weighted by molar-refractivity contribution is 6.01. The highest BCUT2D eigenvalue weighted by Gasteiger charge is 2.60. The van der Waals surface area contributed by atoms with Gasteiger partial charge in [0.25, 0.3) is 0 Å². The standard InChI is InChI=1S/C65H55N/c1-3-18-45(19-4-1)52-22-7-8-23-53(52)47-36-40-51(41-37-47)66(62-32-16-14-28-58(62)57-27-12-11-26-56(57)55-25-10-9-24-54(55)46-20-5-2-6-21-46)63-33-17-31-61-64(63)59-29-13-15-30-60(59)65(61)49-38-34-44-35-39-50(65)43-48(44)42-49/h1-21,23-33,36-37,40-41,44,48-50,52H,22,34-35,38-39,42-43H2. The van der Waals surface area contributed by atoms with E-state index in [-0.39, 0.29) is 5.41 Å². The third kappa shape index (κ3) is 6.20. The Kier molecular flexibility index (Phi) is 9.66. The molecule has 0 saturated heterocycles. The smallest absolute Gasteiger partial charge is 0.0543 e. The van der Waals surface area contributed by atoms with Crippen molar-refractivity contribution in [3.63, 3.8) is 0 Å². The first-order valence-electron chi connectivity index (χ1n) is 24.6. The zero-order valence-electron chi connectivity index (χ0n) is 37.6. The fourth-order valence-electron chi connectivity index (χ4n) is 14.1. The second-order valence-corrected chi connectivity index (χ2v) is 19.8. The summed E-state index contributed by atoms with van der Waals surface area (Å²) in [6, 6.07) is 75.6. The fourth-order valence-corrected chi connectivity index (χ4v) is 14.1. The molecule has 320 valence electrons. The van der Waals surface area contributed by atoms with Gasteiger partial charge >= 0.3 is 0 Å². The van der Waals surface area contributed by atoms with E-state index in [1.54, 1.807) is 11.1 Å². The van der Waals surface area contributed by atoms with Crippen LogP contribution < -0.4 is 4.90 Å². The van der Waals surface area contributed by atoms with Gasteiger partial charge in [0.15, 0.2) is 0 Å². The third-order valence-electron chi connectivity index (χ3n) is 16.8. The number of hydrogen-bond donors (Lipinski definition) is 0. The second kappa shape index (κ2) is 16.2. The van der Waals surface area contributed by atoms with Crippen molar-refractivity contribution in [1.82, 2.24) is 0 Å². The molecule has 5 aliphatic carbocycles. The van der Waals surface area contributed by atoms with E-state index in [1.165, 1.54) is 117 Å². The summed E-state index contributed by atoms with van der Waals surface area (Å²) in [5, 5.41) is 0. The van der Waals surface area contributed by atoms with E-state index in [0.29, 0.717) is 17.8 Å². The number of nitrogens with zero attached hydrogens (tertiary/aromatic N) is 1. The van der Waals surface area contributed by atoms with E-state index >= 15 is 0 Å². The minimum Gasteiger partial charge on any atom is -0.309 e. The third-order valence-corrected chi connectivity index (χ3v) is 16.8. The highest BCUT2D eigenvalue weighted by atomic mass is 15.1. The number of rotatable bonds is 8. The number of benzene rings is 8. The minimum atomic E-state index is 0.0556. The van der Waals surface area contributed by atoms with Crippen molar-refractivity contribution >= 4 is 22.6 Å². The fraction of sp³-hybridized carbons (Fsp3) is 0.200. The molecular weight excluding hydrogens is 795 g/mol. The molecule has 3 bridgehead atoms. The zero-order chi connectivity index (χ0) is 43.6. The Hall–Kier alpha value is -6.96. The van der Waals surface area contributed by atoms with Gasteiger partial charge in [0.1, 0.15) is 0 Å². The van der Waals surface area contributed by atoms with Gasteiger partial charge in [-0.15, -0.1) is 0 Å². The molecule has 1 nitrogen and oxygen atoms in total. The van der Waals surface area contributed by atoms with E-state index < -0.39 is 0 Å². The Balaban J connectivity index is 1.02. The molecule has 3 fully saturated rings. The molecule has 5 aliphatic rings. The van der Waals surface area contributed by atoms with Gasteiger partial charge in [-0.05, 0) is 154 Å². The molecule has 0 aromatic heterocycles. The molecule has 3 unspecified atom stereocenters. The van der Waals surface area contributed by atoms with Crippen LogP contribution >= 0.6 is 0 Å². The van der Waals surface area contributed by atoms with E-state index in [0.717, 1.165) is 18.3 Å². The van der Waals surface area contributed by atoms with Crippen LogP contribution in [0.25, 0.3) is 50.1 Å². The van der Waals surface area contributed by atoms with Crippen molar-refractivity contribution in [2.24, 2.45) is 23.7 Å². The predicted molar refractivity (Wildman–Crippen MR) is 276 cm³/mol. The summed E-state index contributed by atoms with van der Waals surface area (Å²) in [7, 11) is 0. The molecule has 3 saturated carbocycles. The Morgan fingerprint density at radius 2 is 0.970 bits per heavy atom. The van der Waals surface area contributed by atoms with Crippen LogP contribution in [0.5, 0.6) is 0 Å². The van der Waals surface area contributed by atoms with Gasteiger partial charge in [0.05, 0.1) is 11.4 Å². The average Bonchev–Trinajstić information content (AvgIpc) is 3.70. The van der Waals surface area contributed by atoms with E-state index in [1.807, 2.05) is 0 Å². The molecule has 3 atom stereocenters. The summed E-state index contributed by atoms with van der Waals surface area (Å²) in [5.74, 6) is 3.53. The largest absolute Gasteiger partial charge is 0.309 e. The van der Waals surface area contributed by atoms with Crippen molar-refractivity contribution < 1.29 is 0 Å². The van der Waals surface area contributed by atoms with Crippen molar-refractivity contribution in [3.8, 4) is 44.5 Å². The Morgan fingerprint density at radius 3 is 1.70 bits per heavy atom. The van der Waals surface area contributed by atoms with Crippen molar-refractivity contribution in [2.45, 2.75) is 56.3 Å². The molecular formula is C65H55N. The minimum absolute atomic E-state index is 0.0556. The Morgan fingerprint density at radius 1 is 0.409 bits per heavy atom. The van der Waals surface area contributed by atoms with Gasteiger partial charge in [0, 0.05) is 28.1 Å². The molecule has 8 aromatic rings. The van der Waals surface area contributed by atoms with Gasteiger partial charge in [0.2, 0.25) is 0 Å². The molecule has 0 N–H and O–H groups in total. The lowest BCUT2D eigenvalue weighted by atomic mass is 9.45. The van der Waals surface area contributed by atoms with Crippen LogP contribution in [0.4, 0.5) is 17.1 Å². The molecule has 0 radical (unpaired) electrons. The van der Waals surface area contributed by atoms with Gasteiger partial charge < -0.3 is 4.90 Å². The summed E-state index contributed by atoms with van der Waals surface area (Å²) in [5.41, 5.74) is 21.1. The SMILES string of the molecule is C1=CCC(c2ccccc2)C(c2ccc(N(c3ccccc3-c3ccccc3-c3ccccc3-c3ccccc3)c3cccc4c3-c3ccccc3C43C4CCC5CCC3CC5C4)cc2)=C1. The van der Waals surface area contributed by atoms with Gasteiger partial charge in [-0.3, -0.25) is 0 Å². The lowest BCUT2D eigenvalue weighted by Crippen LogP contribution is -2.53. The number of anilines is 3. The summed E-state index contributed by atoms with van der Waals surface area (Å²) >= 11 is 0. The van der Waals surface area contributed by atoms with Gasteiger partial charge in [-0.1, -0.05) is 194 Å². The summed E-state index contributed by atoms with van der Waals surface area (Å²) in [4.78, 5) is 2.63. The normalized spacial score (nSPS) is 23.3. The second-order valence-electron chi connectivity index (χ2n) is 19.8. The maximum atomic E-state index is 2.63. The quantitative estimate of drug-likeness (QED) is 0.147. The number of para-hydroxylation sites is 1. The number of hydrogen-bond acceptors (Lipinski definition) is 1. The first kappa shape index (κ1) is 39.4. The Bertz CT molecular complexity index is 3140. The van der Waals surface area contributed by atoms with Crippen LogP contribution in [0.3, 0.4) is 0 Å². The van der Waals surface area contributed by atoms with Crippen LogP contribution in [0.1, 0.15) is 73.1 Å². The summed E-state index contributed by atoms with van der Waals surface area (Å²) < 4.78 is 0. The maximum absolute atomic E-state index is 2.63. The predicted octanol–water partition coefficient (Wildman–Crippen LogP) is 17.4. The van der Waals surface area contributed by atoms with E-state index in [4.69, 9.17) is 0 Å². The number of fused-ring (bicyclic) bond motifs is 9. The van der Waals surface area contributed by atoms with Crippen molar-refractivity contribution in [2.75, 3.05) is 4.90 Å². The van der Waals surface area contributed by atoms with Crippen LogP contribution in [0.2, 0.25) is 0 Å². The summed E-state index contributed by atoms with van der Waals surface area (Å²) in [6.45, 7) is 0. The van der Waals surface area contributed by atoms with Crippen LogP contribution in [-0.2, 0) is 5.41 Å². The topological polar surface area (TPSA) is 3.24 Å². The molecule has 13 rings (SSSR count). The van der Waals surface area contributed by atoms with Crippen molar-refractivity contribution in [3.05, 3.63) is 241 Å². The van der Waals surface area contributed by atoms with Gasteiger partial charge in [-0.2, -0.15) is 0 Å². The zero-order valence-corrected chi connectivity index (χ0v) is 37.6.